The van der Waals surface area contributed by atoms with E-state index < -0.39 is 12.0 Å². The smallest absolute Gasteiger partial charge is 0.328 e. The lowest BCUT2D eigenvalue weighted by Crippen LogP contribution is -2.42. The number of carbonyl (C=O) groups excluding carboxylic acids is 1. The van der Waals surface area contributed by atoms with E-state index in [-0.39, 0.29) is 5.91 Å². The number of rotatable bonds is 6. The maximum atomic E-state index is 13.5. The number of para-hydroxylation sites is 2. The van der Waals surface area contributed by atoms with Gasteiger partial charge in [-0.05, 0) is 42.4 Å². The highest BCUT2D eigenvalue weighted by Crippen LogP contribution is 2.31. The molecule has 0 aromatic heterocycles. The van der Waals surface area contributed by atoms with Crippen LogP contribution in [-0.2, 0) is 11.2 Å². The van der Waals surface area contributed by atoms with E-state index in [1.807, 2.05) is 24.3 Å². The van der Waals surface area contributed by atoms with Gasteiger partial charge in [0, 0.05) is 6.42 Å². The van der Waals surface area contributed by atoms with Crippen LogP contribution in [-0.4, -0.2) is 41.7 Å². The van der Waals surface area contributed by atoms with E-state index in [0.29, 0.717) is 42.2 Å². The second-order valence-corrected chi connectivity index (χ2v) is 6.83. The van der Waals surface area contributed by atoms with Crippen molar-refractivity contribution in [2.45, 2.75) is 25.3 Å². The molecule has 6 nitrogen and oxygen atoms in total. The number of amides is 1. The molecular weight excluding hydrogens is 376 g/mol. The Labute approximate surface area is 169 Å². The minimum atomic E-state index is -1.02. The standard InChI is InChI=1S/C21H22N2O4S/c1-27-18-9-5-3-7-15(18)20(24)23-17-8-4-2-6-14(17)10-11-19(23)22-16(12-13-28)21(25)26/h2-9,16,28H,10-13H2,1H3,(H,25,26)/t16-/m0/s1. The molecule has 0 fully saturated rings. The Bertz CT molecular complexity index is 913. The number of thiol groups is 1. The van der Waals surface area contributed by atoms with Crippen LogP contribution in [0.25, 0.3) is 0 Å². The number of hydrogen-bond acceptors (Lipinski definition) is 5. The van der Waals surface area contributed by atoms with E-state index in [0.717, 1.165) is 11.3 Å². The predicted molar refractivity (Wildman–Crippen MR) is 112 cm³/mol. The Morgan fingerprint density at radius 1 is 1.18 bits per heavy atom. The zero-order valence-electron chi connectivity index (χ0n) is 15.5. The fourth-order valence-electron chi connectivity index (χ4n) is 3.27. The summed E-state index contributed by atoms with van der Waals surface area (Å²) in [5, 5.41) is 9.49. The minimum Gasteiger partial charge on any atom is -0.496 e. The molecule has 0 unspecified atom stereocenters. The quantitative estimate of drug-likeness (QED) is 0.731. The van der Waals surface area contributed by atoms with Crippen molar-refractivity contribution in [1.29, 1.82) is 0 Å². The zero-order chi connectivity index (χ0) is 20.1. The maximum absolute atomic E-state index is 13.5. The number of fused-ring (bicyclic) bond motifs is 1. The minimum absolute atomic E-state index is 0.292. The summed E-state index contributed by atoms with van der Waals surface area (Å²) >= 11 is 4.13. The topological polar surface area (TPSA) is 79.2 Å². The van der Waals surface area contributed by atoms with E-state index >= 15 is 0 Å². The summed E-state index contributed by atoms with van der Waals surface area (Å²) in [6.07, 6.45) is 1.46. The highest BCUT2D eigenvalue weighted by atomic mass is 32.1. The van der Waals surface area contributed by atoms with Crippen LogP contribution in [0.4, 0.5) is 5.69 Å². The zero-order valence-corrected chi connectivity index (χ0v) is 16.4. The fraction of sp³-hybridized carbons (Fsp3) is 0.286. The summed E-state index contributed by atoms with van der Waals surface area (Å²) in [6.45, 7) is 0. The van der Waals surface area contributed by atoms with Crippen molar-refractivity contribution in [3.05, 3.63) is 59.7 Å². The number of hydrogen-bond donors (Lipinski definition) is 2. The highest BCUT2D eigenvalue weighted by Gasteiger charge is 2.31. The second kappa shape index (κ2) is 8.93. The first kappa shape index (κ1) is 19.9. The van der Waals surface area contributed by atoms with Crippen molar-refractivity contribution < 1.29 is 19.4 Å². The van der Waals surface area contributed by atoms with Gasteiger partial charge in [0.1, 0.15) is 17.6 Å². The van der Waals surface area contributed by atoms with Gasteiger partial charge in [-0.3, -0.25) is 14.7 Å². The van der Waals surface area contributed by atoms with Gasteiger partial charge in [-0.2, -0.15) is 12.6 Å². The van der Waals surface area contributed by atoms with E-state index in [1.54, 1.807) is 24.3 Å². The van der Waals surface area contributed by atoms with Gasteiger partial charge >= 0.3 is 5.97 Å². The Morgan fingerprint density at radius 3 is 2.61 bits per heavy atom. The van der Waals surface area contributed by atoms with Gasteiger partial charge in [-0.1, -0.05) is 30.3 Å². The molecule has 1 N–H and O–H groups in total. The van der Waals surface area contributed by atoms with Crippen LogP contribution in [0.1, 0.15) is 28.8 Å². The van der Waals surface area contributed by atoms with Crippen LogP contribution in [0.15, 0.2) is 53.5 Å². The fourth-order valence-corrected chi connectivity index (χ4v) is 3.52. The number of benzene rings is 2. The summed E-state index contributed by atoms with van der Waals surface area (Å²) in [6, 6.07) is 13.6. The van der Waals surface area contributed by atoms with Gasteiger partial charge in [-0.15, -0.1) is 0 Å². The van der Waals surface area contributed by atoms with Crippen molar-refractivity contribution in [1.82, 2.24) is 0 Å². The molecule has 0 spiro atoms. The molecule has 2 aromatic carbocycles. The van der Waals surface area contributed by atoms with Crippen LogP contribution in [0.3, 0.4) is 0 Å². The number of aliphatic imine (C=N–C) groups is 1. The van der Waals surface area contributed by atoms with E-state index in [1.165, 1.54) is 12.0 Å². The predicted octanol–water partition coefficient (Wildman–Crippen LogP) is 3.46. The first-order valence-electron chi connectivity index (χ1n) is 9.02. The number of nitrogens with zero attached hydrogens (tertiary/aromatic N) is 2. The molecule has 1 aliphatic rings. The molecule has 1 heterocycles. The number of methoxy groups -OCH3 is 1. The van der Waals surface area contributed by atoms with Crippen LogP contribution in [0.2, 0.25) is 0 Å². The molecule has 0 saturated heterocycles. The van der Waals surface area contributed by atoms with Gasteiger partial charge in [0.15, 0.2) is 0 Å². The van der Waals surface area contributed by atoms with Gasteiger partial charge in [-0.25, -0.2) is 4.79 Å². The number of aliphatic carboxylic acids is 1. The Hall–Kier alpha value is -2.80. The van der Waals surface area contributed by atoms with Gasteiger partial charge in [0.05, 0.1) is 18.4 Å². The van der Waals surface area contributed by atoms with Crippen molar-refractivity contribution in [2.24, 2.45) is 4.99 Å². The molecule has 0 aliphatic carbocycles. The molecule has 28 heavy (non-hydrogen) atoms. The first-order valence-corrected chi connectivity index (χ1v) is 9.65. The van der Waals surface area contributed by atoms with Crippen LogP contribution in [0, 0.1) is 0 Å². The summed E-state index contributed by atoms with van der Waals surface area (Å²) in [4.78, 5) is 31.0. The van der Waals surface area contributed by atoms with Crippen molar-refractivity contribution >= 4 is 36.0 Å². The lowest BCUT2D eigenvalue weighted by Gasteiger charge is -2.32. The SMILES string of the molecule is COc1ccccc1C(=O)N1C(=N[C@@H](CCS)C(=O)O)CCc2ccccc21. The van der Waals surface area contributed by atoms with Crippen LogP contribution in [0.5, 0.6) is 5.75 Å². The van der Waals surface area contributed by atoms with E-state index in [2.05, 4.69) is 17.6 Å². The van der Waals surface area contributed by atoms with Crippen LogP contribution >= 0.6 is 12.6 Å². The summed E-state index contributed by atoms with van der Waals surface area (Å²) in [5.41, 5.74) is 2.14. The Kier molecular flexibility index (Phi) is 6.36. The highest BCUT2D eigenvalue weighted by molar-refractivity contribution is 7.80. The number of anilines is 1. The molecule has 1 amide bonds. The summed E-state index contributed by atoms with van der Waals surface area (Å²) in [5.74, 6) is -0.0163. The number of carboxylic acids is 1. The lowest BCUT2D eigenvalue weighted by molar-refractivity contribution is -0.138. The van der Waals surface area contributed by atoms with Crippen molar-refractivity contribution in [2.75, 3.05) is 17.8 Å². The number of aryl methyl sites for hydroxylation is 1. The molecule has 0 radical (unpaired) electrons. The monoisotopic (exact) mass is 398 g/mol. The number of ether oxygens (including phenoxy) is 1. The Balaban J connectivity index is 2.10. The molecule has 3 rings (SSSR count). The van der Waals surface area contributed by atoms with E-state index in [4.69, 9.17) is 4.74 Å². The molecule has 2 aromatic rings. The average molecular weight is 398 g/mol. The normalized spacial score (nSPS) is 15.8. The second-order valence-electron chi connectivity index (χ2n) is 6.38. The first-order chi connectivity index (χ1) is 13.6. The molecular formula is C21H22N2O4S. The molecule has 7 heteroatoms. The molecule has 1 aliphatic heterocycles. The Morgan fingerprint density at radius 2 is 1.89 bits per heavy atom. The van der Waals surface area contributed by atoms with Crippen LogP contribution < -0.4 is 9.64 Å². The number of carbonyl (C=O) groups is 2. The van der Waals surface area contributed by atoms with Crippen molar-refractivity contribution in [3.63, 3.8) is 0 Å². The van der Waals surface area contributed by atoms with Crippen molar-refractivity contribution in [3.8, 4) is 5.75 Å². The largest absolute Gasteiger partial charge is 0.496 e. The van der Waals surface area contributed by atoms with Gasteiger partial charge < -0.3 is 9.84 Å². The van der Waals surface area contributed by atoms with Gasteiger partial charge in [0.25, 0.3) is 5.91 Å². The lowest BCUT2D eigenvalue weighted by atomic mass is 9.99. The summed E-state index contributed by atoms with van der Waals surface area (Å²) < 4.78 is 5.35. The summed E-state index contributed by atoms with van der Waals surface area (Å²) in [7, 11) is 1.51. The number of amidine groups is 1. The molecule has 1 atom stereocenters. The third-order valence-corrected chi connectivity index (χ3v) is 4.90. The third kappa shape index (κ3) is 4.04. The maximum Gasteiger partial charge on any atom is 0.328 e. The van der Waals surface area contributed by atoms with Gasteiger partial charge in [0.2, 0.25) is 0 Å². The third-order valence-electron chi connectivity index (χ3n) is 4.64. The average Bonchev–Trinajstić information content (AvgIpc) is 2.72. The molecule has 0 saturated carbocycles. The van der Waals surface area contributed by atoms with E-state index in [9.17, 15) is 14.7 Å². The molecule has 0 bridgehead atoms. The number of carboxylic acid groups (broad SMARTS) is 1. The molecule has 146 valence electrons.